The van der Waals surface area contributed by atoms with Crippen LogP contribution in [0.3, 0.4) is 0 Å². The topological polar surface area (TPSA) is 12.0 Å². The van der Waals surface area contributed by atoms with Crippen LogP contribution in [0.4, 0.5) is 18.9 Å². The minimum absolute atomic E-state index is 0.432. The second-order valence-corrected chi connectivity index (χ2v) is 7.14. The third-order valence-corrected chi connectivity index (χ3v) is 5.44. The highest BCUT2D eigenvalue weighted by atomic mass is 79.9. The van der Waals surface area contributed by atoms with Gasteiger partial charge in [-0.25, -0.2) is 0 Å². The number of fused-ring (bicyclic) bond motifs is 1. The molecule has 0 spiro atoms. The van der Waals surface area contributed by atoms with Crippen LogP contribution in [0.1, 0.15) is 27.3 Å². The summed E-state index contributed by atoms with van der Waals surface area (Å²) in [4.78, 5) is 2.68. The van der Waals surface area contributed by atoms with E-state index in [1.807, 2.05) is 0 Å². The SMILES string of the molecule is FC(F)(F)c1ccc(NCc2cc3c(s2)CCC3)c(Br)c1. The molecule has 3 rings (SSSR count). The highest BCUT2D eigenvalue weighted by Crippen LogP contribution is 2.35. The van der Waals surface area contributed by atoms with E-state index in [1.54, 1.807) is 11.3 Å². The molecule has 0 amide bonds. The first-order valence-electron chi connectivity index (χ1n) is 6.64. The maximum Gasteiger partial charge on any atom is 0.416 e. The zero-order valence-corrected chi connectivity index (χ0v) is 13.5. The summed E-state index contributed by atoms with van der Waals surface area (Å²) in [5.41, 5.74) is 1.47. The number of rotatable bonds is 3. The van der Waals surface area contributed by atoms with Crippen LogP contribution >= 0.6 is 27.3 Å². The van der Waals surface area contributed by atoms with Gasteiger partial charge >= 0.3 is 6.18 Å². The number of benzene rings is 1. The largest absolute Gasteiger partial charge is 0.416 e. The van der Waals surface area contributed by atoms with Crippen molar-refractivity contribution in [2.24, 2.45) is 0 Å². The first kappa shape index (κ1) is 14.9. The van der Waals surface area contributed by atoms with Crippen LogP contribution in [0.15, 0.2) is 28.7 Å². The van der Waals surface area contributed by atoms with E-state index in [9.17, 15) is 13.2 Å². The Bertz CT molecular complexity index is 642. The van der Waals surface area contributed by atoms with E-state index in [0.717, 1.165) is 25.0 Å². The van der Waals surface area contributed by atoms with Crippen LogP contribution in [0.5, 0.6) is 0 Å². The molecule has 0 atom stereocenters. The maximum absolute atomic E-state index is 12.6. The lowest BCUT2D eigenvalue weighted by Gasteiger charge is -2.11. The number of halogens is 4. The summed E-state index contributed by atoms with van der Waals surface area (Å²) in [6, 6.07) is 5.88. The Morgan fingerprint density at radius 3 is 2.67 bits per heavy atom. The lowest BCUT2D eigenvalue weighted by molar-refractivity contribution is -0.137. The van der Waals surface area contributed by atoms with E-state index < -0.39 is 11.7 Å². The Hall–Kier alpha value is -1.01. The molecule has 0 aliphatic heterocycles. The number of hydrogen-bond acceptors (Lipinski definition) is 2. The van der Waals surface area contributed by atoms with Gasteiger partial charge in [0, 0.05) is 26.5 Å². The van der Waals surface area contributed by atoms with Gasteiger partial charge in [-0.3, -0.25) is 0 Å². The molecule has 1 aromatic carbocycles. The van der Waals surface area contributed by atoms with Crippen LogP contribution in [0.25, 0.3) is 0 Å². The number of hydrogen-bond donors (Lipinski definition) is 1. The van der Waals surface area contributed by atoms with Crippen molar-refractivity contribution in [3.63, 3.8) is 0 Å². The third-order valence-electron chi connectivity index (χ3n) is 3.55. The number of anilines is 1. The summed E-state index contributed by atoms with van der Waals surface area (Å²) in [7, 11) is 0. The Balaban J connectivity index is 1.70. The lowest BCUT2D eigenvalue weighted by Crippen LogP contribution is -2.06. The molecular formula is C15H13BrF3NS. The first-order valence-corrected chi connectivity index (χ1v) is 8.25. The maximum atomic E-state index is 12.6. The van der Waals surface area contributed by atoms with Crippen LogP contribution in [0, 0.1) is 0 Å². The molecule has 0 saturated heterocycles. The number of aryl methyl sites for hydroxylation is 2. The molecule has 0 saturated carbocycles. The Morgan fingerprint density at radius 1 is 1.19 bits per heavy atom. The Morgan fingerprint density at radius 2 is 2.00 bits per heavy atom. The van der Waals surface area contributed by atoms with Gasteiger partial charge in [-0.1, -0.05) is 0 Å². The van der Waals surface area contributed by atoms with Crippen LogP contribution < -0.4 is 5.32 Å². The Kier molecular flexibility index (Phi) is 4.01. The van der Waals surface area contributed by atoms with Gasteiger partial charge in [-0.05, 0) is 65.0 Å². The van der Waals surface area contributed by atoms with Crippen molar-refractivity contribution in [2.75, 3.05) is 5.32 Å². The van der Waals surface area contributed by atoms with Gasteiger partial charge in [0.05, 0.1) is 5.56 Å². The van der Waals surface area contributed by atoms with Crippen molar-refractivity contribution in [1.82, 2.24) is 0 Å². The minimum atomic E-state index is -4.31. The van der Waals surface area contributed by atoms with Crippen LogP contribution in [0.2, 0.25) is 0 Å². The molecule has 21 heavy (non-hydrogen) atoms. The quantitative estimate of drug-likeness (QED) is 0.732. The second kappa shape index (κ2) is 5.65. The molecule has 0 fully saturated rings. The number of nitrogens with one attached hydrogen (secondary N) is 1. The van der Waals surface area contributed by atoms with Crippen LogP contribution in [-0.2, 0) is 25.6 Å². The molecule has 1 aliphatic carbocycles. The predicted molar refractivity (Wildman–Crippen MR) is 82.8 cm³/mol. The predicted octanol–water partition coefficient (Wildman–Crippen LogP) is 5.63. The highest BCUT2D eigenvalue weighted by Gasteiger charge is 2.30. The average molecular weight is 376 g/mol. The monoisotopic (exact) mass is 375 g/mol. The minimum Gasteiger partial charge on any atom is -0.379 e. The molecule has 1 aliphatic rings. The van der Waals surface area contributed by atoms with Crippen molar-refractivity contribution < 1.29 is 13.2 Å². The van der Waals surface area contributed by atoms with Crippen LogP contribution in [-0.4, -0.2) is 0 Å². The summed E-state index contributed by atoms with van der Waals surface area (Å²) in [6.45, 7) is 0.641. The summed E-state index contributed by atoms with van der Waals surface area (Å²) in [6.07, 6.45) is -0.769. The fraction of sp³-hybridized carbons (Fsp3) is 0.333. The molecule has 1 heterocycles. The normalized spacial score (nSPS) is 14.3. The zero-order chi connectivity index (χ0) is 15.0. The number of thiophene rings is 1. The van der Waals surface area contributed by atoms with Gasteiger partial charge in [0.2, 0.25) is 0 Å². The molecule has 0 radical (unpaired) electrons. The highest BCUT2D eigenvalue weighted by molar-refractivity contribution is 9.10. The molecule has 1 aromatic heterocycles. The molecule has 6 heteroatoms. The summed E-state index contributed by atoms with van der Waals surface area (Å²) in [5, 5.41) is 3.19. The standard InChI is InChI=1S/C15H13BrF3NS/c16-12-7-10(15(17,18)19)4-5-13(12)20-8-11-6-9-2-1-3-14(9)21-11/h4-7,20H,1-3,8H2. The van der Waals surface area contributed by atoms with E-state index >= 15 is 0 Å². The smallest absolute Gasteiger partial charge is 0.379 e. The van der Waals surface area contributed by atoms with E-state index in [-0.39, 0.29) is 0 Å². The summed E-state index contributed by atoms with van der Waals surface area (Å²) >= 11 is 5.00. The fourth-order valence-corrected chi connectivity index (χ4v) is 4.21. The molecule has 0 bridgehead atoms. The van der Waals surface area contributed by atoms with E-state index in [0.29, 0.717) is 16.7 Å². The average Bonchev–Trinajstić information content (AvgIpc) is 2.96. The van der Waals surface area contributed by atoms with Gasteiger partial charge < -0.3 is 5.32 Å². The van der Waals surface area contributed by atoms with Crippen molar-refractivity contribution in [3.8, 4) is 0 Å². The third kappa shape index (κ3) is 3.26. The van der Waals surface area contributed by atoms with E-state index in [2.05, 4.69) is 27.3 Å². The molecule has 2 aromatic rings. The van der Waals surface area contributed by atoms with Gasteiger partial charge in [0.25, 0.3) is 0 Å². The first-order chi connectivity index (χ1) is 9.93. The zero-order valence-electron chi connectivity index (χ0n) is 11.1. The van der Waals surface area contributed by atoms with E-state index in [4.69, 9.17) is 0 Å². The summed E-state index contributed by atoms with van der Waals surface area (Å²) < 4.78 is 38.2. The molecule has 1 nitrogen and oxygen atoms in total. The second-order valence-electron chi connectivity index (χ2n) is 5.06. The van der Waals surface area contributed by atoms with Crippen molar-refractivity contribution in [2.45, 2.75) is 32.0 Å². The molecular weight excluding hydrogens is 363 g/mol. The lowest BCUT2D eigenvalue weighted by atomic mass is 10.2. The van der Waals surface area contributed by atoms with Crippen molar-refractivity contribution in [1.29, 1.82) is 0 Å². The van der Waals surface area contributed by atoms with Gasteiger partial charge in [-0.15, -0.1) is 11.3 Å². The molecule has 112 valence electrons. The van der Waals surface area contributed by atoms with Gasteiger partial charge in [0.1, 0.15) is 0 Å². The van der Waals surface area contributed by atoms with Gasteiger partial charge in [0.15, 0.2) is 0 Å². The number of alkyl halides is 3. The van der Waals surface area contributed by atoms with Crippen molar-refractivity contribution >= 4 is 33.0 Å². The van der Waals surface area contributed by atoms with Gasteiger partial charge in [-0.2, -0.15) is 13.2 Å². The van der Waals surface area contributed by atoms with Crippen molar-refractivity contribution in [3.05, 3.63) is 49.6 Å². The summed E-state index contributed by atoms with van der Waals surface area (Å²) in [5.74, 6) is 0. The molecule has 0 unspecified atom stereocenters. The fourth-order valence-electron chi connectivity index (χ4n) is 2.49. The Labute approximate surface area is 133 Å². The molecule has 1 N–H and O–H groups in total. The van der Waals surface area contributed by atoms with E-state index in [1.165, 1.54) is 27.8 Å².